The number of benzene rings is 2. The number of halogens is 2. The van der Waals surface area contributed by atoms with E-state index < -0.39 is 38.2 Å². The second-order valence-electron chi connectivity index (χ2n) is 8.33. The number of hydrogen-bond acceptors (Lipinski definition) is 6. The molecule has 2 heterocycles. The number of alkyl halides is 1. The molecule has 10 nitrogen and oxygen atoms in total. The highest BCUT2D eigenvalue weighted by atomic mass is 35.5. The van der Waals surface area contributed by atoms with Gasteiger partial charge < -0.3 is 9.55 Å². The first kappa shape index (κ1) is 27.4. The molecular weight excluding hydrogens is 559 g/mol. The summed E-state index contributed by atoms with van der Waals surface area (Å²) in [6.45, 7) is -0.691. The lowest BCUT2D eigenvalue weighted by atomic mass is 10.0. The van der Waals surface area contributed by atoms with Gasteiger partial charge in [-0.1, -0.05) is 17.7 Å². The topological polar surface area (TPSA) is 147 Å². The zero-order valence-electron chi connectivity index (χ0n) is 19.9. The Morgan fingerprint density at radius 3 is 2.53 bits per heavy atom. The van der Waals surface area contributed by atoms with Crippen molar-refractivity contribution in [2.45, 2.75) is 17.9 Å². The number of aromatic nitrogens is 2. The first-order chi connectivity index (χ1) is 17.9. The molecule has 1 amide bonds. The van der Waals surface area contributed by atoms with E-state index in [4.69, 9.17) is 11.6 Å². The smallest absolute Gasteiger partial charge is 0.282 e. The largest absolute Gasteiger partial charge is 0.336 e. The van der Waals surface area contributed by atoms with Gasteiger partial charge in [-0.15, -0.1) is 0 Å². The summed E-state index contributed by atoms with van der Waals surface area (Å²) < 4.78 is 68.3. The molecule has 4 aromatic rings. The highest BCUT2D eigenvalue weighted by Crippen LogP contribution is 2.35. The summed E-state index contributed by atoms with van der Waals surface area (Å²) in [5.41, 5.74) is -0.0759. The van der Waals surface area contributed by atoms with Gasteiger partial charge in [-0.3, -0.25) is 18.7 Å². The molecule has 200 valence electrons. The minimum Gasteiger partial charge on any atom is -0.336 e. The van der Waals surface area contributed by atoms with Crippen LogP contribution in [0.15, 0.2) is 70.5 Å². The van der Waals surface area contributed by atoms with E-state index in [0.29, 0.717) is 15.9 Å². The first-order valence-corrected chi connectivity index (χ1v) is 14.9. The van der Waals surface area contributed by atoms with Crippen molar-refractivity contribution in [3.05, 3.63) is 81.9 Å². The Morgan fingerprint density at radius 2 is 1.84 bits per heavy atom. The molecule has 0 aliphatic carbocycles. The Morgan fingerprint density at radius 1 is 1.08 bits per heavy atom. The van der Waals surface area contributed by atoms with Crippen molar-refractivity contribution in [1.29, 1.82) is 0 Å². The van der Waals surface area contributed by atoms with Gasteiger partial charge in [0.25, 0.3) is 21.5 Å². The summed E-state index contributed by atoms with van der Waals surface area (Å²) in [5, 5.41) is 0.707. The molecule has 2 aromatic heterocycles. The van der Waals surface area contributed by atoms with Crippen LogP contribution in [0.2, 0.25) is 5.02 Å². The van der Waals surface area contributed by atoms with Gasteiger partial charge in [-0.05, 0) is 55.0 Å². The number of aromatic amines is 1. The van der Waals surface area contributed by atoms with Crippen molar-refractivity contribution in [2.75, 3.05) is 17.7 Å². The van der Waals surface area contributed by atoms with Gasteiger partial charge in [0.05, 0.1) is 17.8 Å². The van der Waals surface area contributed by atoms with Gasteiger partial charge >= 0.3 is 0 Å². The number of pyridine rings is 1. The Bertz CT molecular complexity index is 1820. The van der Waals surface area contributed by atoms with Crippen LogP contribution in [0.3, 0.4) is 0 Å². The second kappa shape index (κ2) is 10.6. The summed E-state index contributed by atoms with van der Waals surface area (Å²) in [6.07, 6.45) is 2.33. The van der Waals surface area contributed by atoms with Crippen LogP contribution in [-0.2, 0) is 26.6 Å². The lowest BCUT2D eigenvalue weighted by Crippen LogP contribution is -2.33. The molecule has 0 spiro atoms. The van der Waals surface area contributed by atoms with Crippen molar-refractivity contribution in [1.82, 2.24) is 14.3 Å². The van der Waals surface area contributed by atoms with Gasteiger partial charge in [0.15, 0.2) is 0 Å². The standard InChI is InChI=1S/C24H22ClFN4O6S2/c1-37(33,34)28-16-5-2-6-17(14-16)38(35,36)29-24(32)22-21(18-7-3-11-27-23(18)31)19-13-15(25)8-9-20(19)30(22)12-4-10-26/h2-3,5-9,11,13-14,28H,4,10,12H2,1H3,(H,27,31)(H,29,32). The molecule has 0 fully saturated rings. The van der Waals surface area contributed by atoms with Crippen molar-refractivity contribution in [3.8, 4) is 11.1 Å². The fourth-order valence-electron chi connectivity index (χ4n) is 4.07. The molecule has 0 radical (unpaired) electrons. The van der Waals surface area contributed by atoms with Crippen LogP contribution in [0.25, 0.3) is 22.0 Å². The fraction of sp³-hybridized carbons (Fsp3) is 0.167. The lowest BCUT2D eigenvalue weighted by Gasteiger charge is -2.13. The molecule has 14 heteroatoms. The maximum Gasteiger partial charge on any atom is 0.282 e. The molecule has 0 saturated carbocycles. The van der Waals surface area contributed by atoms with E-state index in [9.17, 15) is 30.8 Å². The van der Waals surface area contributed by atoms with Gasteiger partial charge in [-0.2, -0.15) is 0 Å². The molecule has 0 unspecified atom stereocenters. The summed E-state index contributed by atoms with van der Waals surface area (Å²) in [4.78, 5) is 28.5. The molecule has 0 atom stereocenters. The summed E-state index contributed by atoms with van der Waals surface area (Å²) in [5.74, 6) is -1.07. The van der Waals surface area contributed by atoms with Crippen LogP contribution in [0.5, 0.6) is 0 Å². The first-order valence-electron chi connectivity index (χ1n) is 11.1. The van der Waals surface area contributed by atoms with Gasteiger partial charge in [0, 0.05) is 45.5 Å². The Balaban J connectivity index is 1.89. The normalized spacial score (nSPS) is 12.0. The van der Waals surface area contributed by atoms with Crippen LogP contribution in [-0.4, -0.2) is 45.2 Å². The number of nitrogens with one attached hydrogen (secondary N) is 3. The summed E-state index contributed by atoms with van der Waals surface area (Å²) in [6, 6.07) is 12.6. The zero-order valence-corrected chi connectivity index (χ0v) is 22.3. The third kappa shape index (κ3) is 5.74. The van der Waals surface area contributed by atoms with E-state index in [-0.39, 0.29) is 40.4 Å². The predicted molar refractivity (Wildman–Crippen MR) is 143 cm³/mol. The van der Waals surface area contributed by atoms with Crippen LogP contribution in [0.4, 0.5) is 10.1 Å². The lowest BCUT2D eigenvalue weighted by molar-refractivity contribution is 0.0973. The quantitative estimate of drug-likeness (QED) is 0.276. The molecule has 0 aliphatic heterocycles. The summed E-state index contributed by atoms with van der Waals surface area (Å²) >= 11 is 6.21. The Hall–Kier alpha value is -3.68. The number of hydrogen-bond donors (Lipinski definition) is 3. The molecular formula is C24H22ClFN4O6S2. The van der Waals surface area contributed by atoms with Crippen molar-refractivity contribution in [3.63, 3.8) is 0 Å². The highest BCUT2D eigenvalue weighted by Gasteiger charge is 2.29. The van der Waals surface area contributed by atoms with Crippen LogP contribution in [0.1, 0.15) is 16.9 Å². The van der Waals surface area contributed by atoms with Crippen LogP contribution >= 0.6 is 11.6 Å². The maximum absolute atomic E-state index is 13.6. The van der Waals surface area contributed by atoms with Crippen molar-refractivity contribution in [2.24, 2.45) is 0 Å². The number of anilines is 1. The highest BCUT2D eigenvalue weighted by molar-refractivity contribution is 7.92. The maximum atomic E-state index is 13.6. The number of amides is 1. The van der Waals surface area contributed by atoms with Crippen molar-refractivity contribution >= 4 is 54.1 Å². The van der Waals surface area contributed by atoms with Gasteiger partial charge in [0.1, 0.15) is 5.69 Å². The number of aryl methyl sites for hydroxylation is 1. The number of carbonyl (C=O) groups excluding carboxylic acids is 1. The van der Waals surface area contributed by atoms with E-state index in [0.717, 1.165) is 12.3 Å². The third-order valence-electron chi connectivity index (χ3n) is 5.52. The number of rotatable bonds is 9. The number of nitrogens with zero attached hydrogens (tertiary/aromatic N) is 1. The van der Waals surface area contributed by atoms with E-state index >= 15 is 0 Å². The van der Waals surface area contributed by atoms with Crippen molar-refractivity contribution < 1.29 is 26.0 Å². The monoisotopic (exact) mass is 580 g/mol. The molecule has 0 aliphatic rings. The average molecular weight is 581 g/mol. The minimum absolute atomic E-state index is 0.00986. The van der Waals surface area contributed by atoms with E-state index in [2.05, 4.69) is 9.71 Å². The molecule has 0 bridgehead atoms. The predicted octanol–water partition coefficient (Wildman–Crippen LogP) is 3.50. The fourth-order valence-corrected chi connectivity index (χ4v) is 5.80. The molecule has 3 N–H and O–H groups in total. The van der Waals surface area contributed by atoms with E-state index in [1.807, 2.05) is 4.72 Å². The van der Waals surface area contributed by atoms with E-state index in [1.165, 1.54) is 41.1 Å². The van der Waals surface area contributed by atoms with E-state index in [1.54, 1.807) is 18.2 Å². The number of H-pyrrole nitrogens is 1. The van der Waals surface area contributed by atoms with Gasteiger partial charge in [-0.25, -0.2) is 21.6 Å². The average Bonchev–Trinajstić information content (AvgIpc) is 3.15. The molecule has 2 aromatic carbocycles. The Kier molecular flexibility index (Phi) is 7.63. The molecule has 4 rings (SSSR count). The second-order valence-corrected chi connectivity index (χ2v) is 12.2. The number of fused-ring (bicyclic) bond motifs is 1. The van der Waals surface area contributed by atoms with Crippen LogP contribution in [0, 0.1) is 0 Å². The number of carbonyl (C=O) groups is 1. The third-order valence-corrected chi connectivity index (χ3v) is 7.69. The SMILES string of the molecule is CS(=O)(=O)Nc1cccc(S(=O)(=O)NC(=O)c2c(-c3ccc[nH]c3=O)c3cc(Cl)ccc3n2CCCF)c1. The minimum atomic E-state index is -4.51. The Labute approximate surface area is 222 Å². The number of sulfonamides is 2. The summed E-state index contributed by atoms with van der Waals surface area (Å²) in [7, 11) is -8.20. The van der Waals surface area contributed by atoms with Crippen LogP contribution < -0.4 is 15.0 Å². The molecule has 0 saturated heterocycles. The van der Waals surface area contributed by atoms with Gasteiger partial charge in [0.2, 0.25) is 10.0 Å². The zero-order chi connectivity index (χ0) is 27.7. The molecule has 38 heavy (non-hydrogen) atoms.